The molecule has 94 valence electrons. The second-order valence-electron chi connectivity index (χ2n) is 3.43. The number of amides is 1. The van der Waals surface area contributed by atoms with Gasteiger partial charge in [0.1, 0.15) is 4.88 Å². The van der Waals surface area contributed by atoms with Gasteiger partial charge >= 0.3 is 5.97 Å². The first kappa shape index (κ1) is 13.6. The Balaban J connectivity index is 2.81. The lowest BCUT2D eigenvalue weighted by atomic mass is 10.3. The van der Waals surface area contributed by atoms with Gasteiger partial charge in [0.05, 0.1) is 18.3 Å². The zero-order valence-corrected chi connectivity index (χ0v) is 10.8. The molecule has 3 N–H and O–H groups in total. The molecule has 0 aliphatic rings. The Kier molecular flexibility index (Phi) is 4.59. The first-order valence-electron chi connectivity index (χ1n) is 5.16. The van der Waals surface area contributed by atoms with Crippen molar-refractivity contribution in [1.29, 1.82) is 0 Å². The van der Waals surface area contributed by atoms with E-state index in [1.165, 1.54) is 0 Å². The fourth-order valence-corrected chi connectivity index (χ4v) is 1.92. The molecule has 1 aromatic rings. The number of rotatable bonds is 4. The van der Waals surface area contributed by atoms with Gasteiger partial charge in [0.2, 0.25) is 5.91 Å². The van der Waals surface area contributed by atoms with Crippen LogP contribution >= 0.6 is 11.3 Å². The molecule has 0 aliphatic carbocycles. The number of nitrogens with zero attached hydrogens (tertiary/aromatic N) is 1. The molecule has 0 saturated carbocycles. The summed E-state index contributed by atoms with van der Waals surface area (Å²) in [5.74, 6) is -0.766. The molecule has 1 rings (SSSR count). The van der Waals surface area contributed by atoms with Gasteiger partial charge in [-0.05, 0) is 20.8 Å². The highest BCUT2D eigenvalue weighted by Gasteiger charge is 2.18. The SMILES string of the molecule is CCOC(=O)c1sc(NC(=O)C(C)N)nc1C. The first-order chi connectivity index (χ1) is 7.95. The summed E-state index contributed by atoms with van der Waals surface area (Å²) in [5, 5.41) is 2.89. The molecule has 17 heavy (non-hydrogen) atoms. The third-order valence-electron chi connectivity index (χ3n) is 1.90. The second-order valence-corrected chi connectivity index (χ2v) is 4.43. The van der Waals surface area contributed by atoms with Crippen LogP contribution in [0.4, 0.5) is 5.13 Å². The van der Waals surface area contributed by atoms with E-state index in [1.807, 2.05) is 0 Å². The van der Waals surface area contributed by atoms with Crippen LogP contribution in [-0.4, -0.2) is 29.5 Å². The number of ether oxygens (including phenoxy) is 1. The summed E-state index contributed by atoms with van der Waals surface area (Å²) >= 11 is 1.08. The zero-order valence-electron chi connectivity index (χ0n) is 9.94. The minimum atomic E-state index is -0.620. The van der Waals surface area contributed by atoms with Crippen molar-refractivity contribution in [2.75, 3.05) is 11.9 Å². The number of carbonyl (C=O) groups excluding carboxylic acids is 2. The molecular formula is C10H15N3O3S. The molecule has 7 heteroatoms. The van der Waals surface area contributed by atoms with Crippen molar-refractivity contribution in [3.05, 3.63) is 10.6 Å². The van der Waals surface area contributed by atoms with E-state index in [1.54, 1.807) is 20.8 Å². The summed E-state index contributed by atoms with van der Waals surface area (Å²) in [6, 6.07) is -0.620. The number of nitrogens with two attached hydrogens (primary N) is 1. The third kappa shape index (κ3) is 3.50. The summed E-state index contributed by atoms with van der Waals surface area (Å²) in [6.45, 7) is 5.29. The van der Waals surface area contributed by atoms with E-state index in [0.29, 0.717) is 22.3 Å². The van der Waals surface area contributed by atoms with E-state index in [9.17, 15) is 9.59 Å². The van der Waals surface area contributed by atoms with Gasteiger partial charge in [-0.15, -0.1) is 0 Å². The van der Waals surface area contributed by atoms with Crippen LogP contribution < -0.4 is 11.1 Å². The van der Waals surface area contributed by atoms with Crippen LogP contribution in [-0.2, 0) is 9.53 Å². The van der Waals surface area contributed by atoms with Gasteiger partial charge in [-0.25, -0.2) is 9.78 Å². The van der Waals surface area contributed by atoms with Gasteiger partial charge in [0, 0.05) is 0 Å². The Bertz CT molecular complexity index is 428. The number of carbonyl (C=O) groups is 2. The second kappa shape index (κ2) is 5.74. The summed E-state index contributed by atoms with van der Waals surface area (Å²) < 4.78 is 4.87. The molecular weight excluding hydrogens is 242 g/mol. The first-order valence-corrected chi connectivity index (χ1v) is 5.98. The maximum atomic E-state index is 11.5. The van der Waals surface area contributed by atoms with Crippen LogP contribution in [0.15, 0.2) is 0 Å². The van der Waals surface area contributed by atoms with E-state index in [0.717, 1.165) is 11.3 Å². The number of hydrogen-bond donors (Lipinski definition) is 2. The van der Waals surface area contributed by atoms with Gasteiger partial charge in [-0.2, -0.15) is 0 Å². The Morgan fingerprint density at radius 2 is 2.24 bits per heavy atom. The number of nitrogens with one attached hydrogen (secondary N) is 1. The molecule has 1 aromatic heterocycles. The van der Waals surface area contributed by atoms with Crippen molar-refractivity contribution in [1.82, 2.24) is 4.98 Å². The van der Waals surface area contributed by atoms with Gasteiger partial charge in [0.15, 0.2) is 5.13 Å². The largest absolute Gasteiger partial charge is 0.462 e. The lowest BCUT2D eigenvalue weighted by Crippen LogP contribution is -2.32. The Morgan fingerprint density at radius 1 is 1.59 bits per heavy atom. The molecule has 0 aliphatic heterocycles. The number of aryl methyl sites for hydroxylation is 1. The fourth-order valence-electron chi connectivity index (χ4n) is 1.06. The average molecular weight is 257 g/mol. The van der Waals surface area contributed by atoms with Crippen molar-refractivity contribution in [2.45, 2.75) is 26.8 Å². The molecule has 0 radical (unpaired) electrons. The Labute approximate surface area is 103 Å². The van der Waals surface area contributed by atoms with E-state index in [-0.39, 0.29) is 5.91 Å². The van der Waals surface area contributed by atoms with Crippen molar-refractivity contribution in [2.24, 2.45) is 5.73 Å². The molecule has 1 unspecified atom stereocenters. The predicted molar refractivity (Wildman–Crippen MR) is 65.1 cm³/mol. The molecule has 0 bridgehead atoms. The summed E-state index contributed by atoms with van der Waals surface area (Å²) in [5.41, 5.74) is 5.94. The standard InChI is InChI=1S/C10H15N3O3S/c1-4-16-9(15)7-6(3)12-10(17-7)13-8(14)5(2)11/h5H,4,11H2,1-3H3,(H,12,13,14). The smallest absolute Gasteiger partial charge is 0.350 e. The molecule has 1 heterocycles. The number of esters is 1. The highest BCUT2D eigenvalue weighted by atomic mass is 32.1. The van der Waals surface area contributed by atoms with Gasteiger partial charge in [-0.3, -0.25) is 4.79 Å². The highest BCUT2D eigenvalue weighted by molar-refractivity contribution is 7.17. The van der Waals surface area contributed by atoms with E-state index in [4.69, 9.17) is 10.5 Å². The molecule has 6 nitrogen and oxygen atoms in total. The molecule has 0 spiro atoms. The number of aromatic nitrogens is 1. The van der Waals surface area contributed by atoms with Crippen molar-refractivity contribution in [3.8, 4) is 0 Å². The molecule has 0 saturated heterocycles. The minimum Gasteiger partial charge on any atom is -0.462 e. The average Bonchev–Trinajstić information content (AvgIpc) is 2.59. The normalized spacial score (nSPS) is 12.0. The lowest BCUT2D eigenvalue weighted by molar-refractivity contribution is -0.117. The van der Waals surface area contributed by atoms with Crippen LogP contribution in [0, 0.1) is 6.92 Å². The van der Waals surface area contributed by atoms with Crippen LogP contribution in [0.25, 0.3) is 0 Å². The number of anilines is 1. The van der Waals surface area contributed by atoms with E-state index >= 15 is 0 Å². The maximum absolute atomic E-state index is 11.5. The van der Waals surface area contributed by atoms with Crippen molar-refractivity contribution in [3.63, 3.8) is 0 Å². The monoisotopic (exact) mass is 257 g/mol. The lowest BCUT2D eigenvalue weighted by Gasteiger charge is -2.03. The van der Waals surface area contributed by atoms with Crippen LogP contribution in [0.3, 0.4) is 0 Å². The topological polar surface area (TPSA) is 94.3 Å². The van der Waals surface area contributed by atoms with Crippen LogP contribution in [0.5, 0.6) is 0 Å². The number of thiazole rings is 1. The summed E-state index contributed by atoms with van der Waals surface area (Å²) in [6.07, 6.45) is 0. The molecule has 1 amide bonds. The molecule has 0 aromatic carbocycles. The van der Waals surface area contributed by atoms with Gasteiger partial charge in [0.25, 0.3) is 0 Å². The minimum absolute atomic E-state index is 0.303. The maximum Gasteiger partial charge on any atom is 0.350 e. The van der Waals surface area contributed by atoms with E-state index < -0.39 is 12.0 Å². The van der Waals surface area contributed by atoms with Gasteiger partial charge < -0.3 is 15.8 Å². The summed E-state index contributed by atoms with van der Waals surface area (Å²) in [4.78, 5) is 27.3. The van der Waals surface area contributed by atoms with E-state index in [2.05, 4.69) is 10.3 Å². The predicted octanol–water partition coefficient (Wildman–Crippen LogP) is 0.914. The van der Waals surface area contributed by atoms with Gasteiger partial charge in [-0.1, -0.05) is 11.3 Å². The van der Waals surface area contributed by atoms with Crippen LogP contribution in [0.1, 0.15) is 29.2 Å². The Morgan fingerprint density at radius 3 is 2.76 bits per heavy atom. The number of hydrogen-bond acceptors (Lipinski definition) is 6. The van der Waals surface area contributed by atoms with Crippen molar-refractivity contribution < 1.29 is 14.3 Å². The summed E-state index contributed by atoms with van der Waals surface area (Å²) in [7, 11) is 0. The highest BCUT2D eigenvalue weighted by Crippen LogP contribution is 2.23. The Hall–Kier alpha value is -1.47. The zero-order chi connectivity index (χ0) is 13.0. The molecule has 1 atom stereocenters. The quantitative estimate of drug-likeness (QED) is 0.782. The third-order valence-corrected chi connectivity index (χ3v) is 2.95. The molecule has 0 fully saturated rings. The van der Waals surface area contributed by atoms with Crippen LogP contribution in [0.2, 0.25) is 0 Å². The van der Waals surface area contributed by atoms with Crippen molar-refractivity contribution >= 4 is 28.3 Å². The fraction of sp³-hybridized carbons (Fsp3) is 0.500.